The van der Waals surface area contributed by atoms with Crippen molar-refractivity contribution >= 4 is 0 Å². The van der Waals surface area contributed by atoms with Crippen molar-refractivity contribution in [1.82, 2.24) is 0 Å². The Morgan fingerprint density at radius 3 is 0.429 bits per heavy atom. The van der Waals surface area contributed by atoms with E-state index in [1.165, 1.54) is 12.8 Å². The molecule has 0 amide bonds. The van der Waals surface area contributed by atoms with Crippen molar-refractivity contribution in [2.75, 3.05) is 0 Å². The Morgan fingerprint density at radius 1 is 0.429 bits per heavy atom. The monoisotopic (exact) mass is 210 g/mol. The lowest BCUT2D eigenvalue weighted by Crippen LogP contribution is -1.27. The molecule has 98 valence electrons. The summed E-state index contributed by atoms with van der Waals surface area (Å²) in [7, 11) is 0. The molecule has 0 aliphatic heterocycles. The maximum Gasteiger partial charge on any atom is -0.0590 e. The summed E-state index contributed by atoms with van der Waals surface area (Å²) in [4.78, 5) is 0. The Kier molecular flexibility index (Phi) is 1610. The molecule has 0 aromatic rings. The molecule has 0 aromatic carbocycles. The van der Waals surface area contributed by atoms with E-state index in [-0.39, 0.29) is 14.9 Å². The number of rotatable bonds is 0. The van der Waals surface area contributed by atoms with Gasteiger partial charge in [-0.05, 0) is 0 Å². The highest BCUT2D eigenvalue weighted by molar-refractivity contribution is 3.92. The van der Waals surface area contributed by atoms with Crippen molar-refractivity contribution in [2.45, 2.75) is 96.9 Å². The fourth-order valence-corrected chi connectivity index (χ4v) is 0. The molecule has 0 N–H and O–H groups in total. The Morgan fingerprint density at radius 2 is 0.429 bits per heavy atom. The van der Waals surface area contributed by atoms with Crippen molar-refractivity contribution in [2.24, 2.45) is 0 Å². The van der Waals surface area contributed by atoms with Gasteiger partial charge in [-0.3, -0.25) is 0 Å². The summed E-state index contributed by atoms with van der Waals surface area (Å²) in [6.45, 7) is 20.5. The summed E-state index contributed by atoms with van der Waals surface area (Å²) in [6.07, 6.45) is 2.50. The fraction of sp³-hybridized carbons (Fsp3) is 1.00. The van der Waals surface area contributed by atoms with E-state index in [0.717, 1.165) is 0 Å². The van der Waals surface area contributed by atoms with Gasteiger partial charge in [0.2, 0.25) is 0 Å². The third-order valence-electron chi connectivity index (χ3n) is 0. The molecule has 0 nitrogen and oxygen atoms in total. The third-order valence-corrected chi connectivity index (χ3v) is 0. The lowest BCUT2D eigenvalue weighted by molar-refractivity contribution is 1.09. The van der Waals surface area contributed by atoms with E-state index in [4.69, 9.17) is 0 Å². The van der Waals surface area contributed by atoms with Gasteiger partial charge >= 0.3 is 0 Å². The third kappa shape index (κ3) is 0. The summed E-state index contributed by atoms with van der Waals surface area (Å²) in [5.74, 6) is 0. The summed E-state index contributed by atoms with van der Waals surface area (Å²) >= 11 is 0. The lowest BCUT2D eigenvalue weighted by Gasteiger charge is -1.48. The van der Waals surface area contributed by atoms with Crippen LogP contribution in [0.3, 0.4) is 0 Å². The second kappa shape index (κ2) is 468. The molecule has 0 unspecified atom stereocenters. The molecular formula is C14H42. The van der Waals surface area contributed by atoms with Crippen LogP contribution in [0.25, 0.3) is 0 Å². The molecule has 0 rings (SSSR count). The van der Waals surface area contributed by atoms with Crippen LogP contribution in [0.15, 0.2) is 0 Å². The summed E-state index contributed by atoms with van der Waals surface area (Å²) in [6, 6.07) is 0. The molecule has 0 saturated heterocycles. The van der Waals surface area contributed by atoms with Crippen LogP contribution in [-0.4, -0.2) is 0 Å². The van der Waals surface area contributed by atoms with Crippen LogP contribution in [0.5, 0.6) is 0 Å². The van der Waals surface area contributed by atoms with Crippen LogP contribution in [0.1, 0.15) is 96.9 Å². The fourth-order valence-electron chi connectivity index (χ4n) is 0. The van der Waals surface area contributed by atoms with E-state index in [1.54, 1.807) is 0 Å². The van der Waals surface area contributed by atoms with E-state index in [1.807, 2.05) is 41.5 Å². The second-order valence-corrected chi connectivity index (χ2v) is 1.41. The Labute approximate surface area is 97.5 Å². The zero-order chi connectivity index (χ0) is 11.4. The average molecular weight is 210 g/mol. The van der Waals surface area contributed by atoms with Crippen molar-refractivity contribution in [3.8, 4) is 0 Å². The van der Waals surface area contributed by atoms with E-state index in [2.05, 4.69) is 27.7 Å². The van der Waals surface area contributed by atoms with Gasteiger partial charge in [-0.1, -0.05) is 96.9 Å². The van der Waals surface area contributed by atoms with Crippen molar-refractivity contribution < 1.29 is 0 Å². The first-order valence-corrected chi connectivity index (χ1v) is 5.83. The van der Waals surface area contributed by atoms with Crippen molar-refractivity contribution in [3.63, 3.8) is 0 Å². The number of hydrogen-bond acceptors (Lipinski definition) is 0. The van der Waals surface area contributed by atoms with Crippen LogP contribution in [0.4, 0.5) is 0 Å². The topological polar surface area (TPSA) is 0 Å². The van der Waals surface area contributed by atoms with E-state index < -0.39 is 0 Å². The van der Waals surface area contributed by atoms with E-state index in [9.17, 15) is 0 Å². The molecule has 0 aromatic heterocycles. The minimum absolute atomic E-state index is 0. The first-order valence-electron chi connectivity index (χ1n) is 5.83. The largest absolute Gasteiger partial charge is 0.0776 e. The highest BCUT2D eigenvalue weighted by Gasteiger charge is 1.36. The standard InChI is InChI=1S/2C3H8.3C2H6.2CH4/c2*1-3-2;3*1-2;;/h2*3H2,1-2H3;3*1-2H3;2*1H4. The highest BCUT2D eigenvalue weighted by Crippen LogP contribution is 1.56. The zero-order valence-corrected chi connectivity index (χ0v) is 11.4. The second-order valence-electron chi connectivity index (χ2n) is 1.41. The van der Waals surface area contributed by atoms with Gasteiger partial charge in [0.25, 0.3) is 0 Å². The SMILES string of the molecule is C.C.CC.CC.CC.CCC.CCC. The summed E-state index contributed by atoms with van der Waals surface area (Å²) < 4.78 is 0. The van der Waals surface area contributed by atoms with Crippen molar-refractivity contribution in [1.29, 1.82) is 0 Å². The first-order chi connectivity index (χ1) is 5.83. The molecule has 0 heterocycles. The van der Waals surface area contributed by atoms with Gasteiger partial charge in [0.15, 0.2) is 0 Å². The van der Waals surface area contributed by atoms with Gasteiger partial charge in [-0.25, -0.2) is 0 Å². The maximum atomic E-state index is 2.12. The minimum atomic E-state index is 0. The smallest absolute Gasteiger partial charge is 0.0590 e. The van der Waals surface area contributed by atoms with Gasteiger partial charge in [0.1, 0.15) is 0 Å². The Bertz CT molecular complexity index is 2.00. The molecule has 0 heteroatoms. The van der Waals surface area contributed by atoms with Crippen molar-refractivity contribution in [3.05, 3.63) is 0 Å². The van der Waals surface area contributed by atoms with Gasteiger partial charge < -0.3 is 0 Å². The quantitative estimate of drug-likeness (QED) is 0.397. The normalized spacial score (nSPS) is 3.86. The average Bonchev–Trinajstić information content (AvgIpc) is 2.16. The molecule has 0 fully saturated rings. The summed E-state index contributed by atoms with van der Waals surface area (Å²) in [5.41, 5.74) is 0. The van der Waals surface area contributed by atoms with Gasteiger partial charge in [0.05, 0.1) is 0 Å². The Balaban J connectivity index is -0.00000000859. The molecule has 0 bridgehead atoms. The summed E-state index contributed by atoms with van der Waals surface area (Å²) in [5, 5.41) is 0. The number of hydrogen-bond donors (Lipinski definition) is 0. The van der Waals surface area contributed by atoms with Gasteiger partial charge in [0, 0.05) is 0 Å². The predicted molar refractivity (Wildman–Crippen MR) is 79.4 cm³/mol. The van der Waals surface area contributed by atoms with Crippen LogP contribution in [-0.2, 0) is 0 Å². The lowest BCUT2D eigenvalue weighted by atomic mass is 10.6. The molecule has 0 aliphatic rings. The zero-order valence-electron chi connectivity index (χ0n) is 11.4. The van der Waals surface area contributed by atoms with Crippen LogP contribution >= 0.6 is 0 Å². The highest BCUT2D eigenvalue weighted by atomic mass is 13.4. The molecule has 0 radical (unpaired) electrons. The van der Waals surface area contributed by atoms with Crippen LogP contribution in [0, 0.1) is 0 Å². The predicted octanol–water partition coefficient (Wildman–Crippen LogP) is 7.18. The first kappa shape index (κ1) is 48.3. The molecule has 0 spiro atoms. The molecular weight excluding hydrogens is 168 g/mol. The van der Waals surface area contributed by atoms with E-state index >= 15 is 0 Å². The van der Waals surface area contributed by atoms with Crippen LogP contribution < -0.4 is 0 Å². The van der Waals surface area contributed by atoms with Gasteiger partial charge in [-0.15, -0.1) is 0 Å². The molecule has 14 heavy (non-hydrogen) atoms. The minimum Gasteiger partial charge on any atom is -0.0776 e. The molecule has 0 atom stereocenters. The molecule has 0 saturated carbocycles. The van der Waals surface area contributed by atoms with Crippen LogP contribution in [0.2, 0.25) is 0 Å². The maximum absolute atomic E-state index is 2.12. The molecule has 0 aliphatic carbocycles. The Hall–Kier alpha value is 0. The van der Waals surface area contributed by atoms with E-state index in [0.29, 0.717) is 0 Å². The van der Waals surface area contributed by atoms with Gasteiger partial charge in [-0.2, -0.15) is 0 Å².